The maximum absolute atomic E-state index is 13.5. The van der Waals surface area contributed by atoms with E-state index < -0.39 is 5.60 Å². The molecule has 0 bridgehead atoms. The molecule has 1 aromatic rings. The normalized spacial score (nSPS) is 20.4. The fourth-order valence-corrected chi connectivity index (χ4v) is 4.48. The summed E-state index contributed by atoms with van der Waals surface area (Å²) in [4.78, 5) is 30.4. The molecule has 3 rings (SSSR count). The molecule has 1 saturated heterocycles. The number of nitrogens with one attached hydrogen (secondary N) is 1. The van der Waals surface area contributed by atoms with Crippen LogP contribution in [0.25, 0.3) is 0 Å². The first-order valence-electron chi connectivity index (χ1n) is 11.4. The van der Waals surface area contributed by atoms with Gasteiger partial charge in [-0.05, 0) is 78.1 Å². The maximum Gasteiger partial charge on any atom is 0.270 e. The summed E-state index contributed by atoms with van der Waals surface area (Å²) in [6.07, 6.45) is 3.76. The fraction of sp³-hybridized carbons (Fsp3) is 0.667. The Balaban J connectivity index is 1.89. The highest BCUT2D eigenvalue weighted by Gasteiger charge is 2.41. The van der Waals surface area contributed by atoms with Gasteiger partial charge in [-0.15, -0.1) is 0 Å². The molecule has 172 valence electrons. The van der Waals surface area contributed by atoms with Gasteiger partial charge in [0.2, 0.25) is 0 Å². The minimum absolute atomic E-state index is 0.00288. The average molecular weight is 432 g/mol. The smallest absolute Gasteiger partial charge is 0.270 e. The van der Waals surface area contributed by atoms with E-state index in [1.165, 1.54) is 0 Å². The van der Waals surface area contributed by atoms with Gasteiger partial charge in [-0.2, -0.15) is 0 Å². The Kier molecular flexibility index (Phi) is 7.59. The molecule has 1 atom stereocenters. The maximum atomic E-state index is 13.5. The van der Waals surface area contributed by atoms with Gasteiger partial charge in [0.1, 0.15) is 5.75 Å². The summed E-state index contributed by atoms with van der Waals surface area (Å²) >= 11 is 0. The van der Waals surface area contributed by atoms with E-state index in [0.29, 0.717) is 30.2 Å². The highest BCUT2D eigenvalue weighted by Crippen LogP contribution is 2.39. The molecule has 2 amide bonds. The Morgan fingerprint density at radius 2 is 2.13 bits per heavy atom. The summed E-state index contributed by atoms with van der Waals surface area (Å²) < 4.78 is 11.1. The van der Waals surface area contributed by atoms with E-state index in [0.717, 1.165) is 38.8 Å². The lowest BCUT2D eigenvalue weighted by atomic mass is 10.00. The van der Waals surface area contributed by atoms with E-state index >= 15 is 0 Å². The number of hydrogen-bond donors (Lipinski definition) is 1. The number of rotatable bonds is 8. The number of anilines is 1. The van der Waals surface area contributed by atoms with E-state index in [1.54, 1.807) is 25.9 Å². The monoisotopic (exact) mass is 431 g/mol. The number of amides is 2. The number of nitrogens with zero attached hydrogens (tertiary/aromatic N) is 2. The Morgan fingerprint density at radius 3 is 2.77 bits per heavy atom. The zero-order valence-electron chi connectivity index (χ0n) is 19.6. The van der Waals surface area contributed by atoms with Gasteiger partial charge in [0, 0.05) is 44.5 Å². The largest absolute Gasteiger partial charge is 0.476 e. The quantitative estimate of drug-likeness (QED) is 0.640. The molecule has 0 saturated carbocycles. The molecule has 2 heterocycles. The van der Waals surface area contributed by atoms with Gasteiger partial charge in [-0.25, -0.2) is 0 Å². The molecule has 2 aliphatic heterocycles. The second-order valence-electron chi connectivity index (χ2n) is 9.26. The van der Waals surface area contributed by atoms with Crippen LogP contribution in [0.3, 0.4) is 0 Å². The van der Waals surface area contributed by atoms with Crippen molar-refractivity contribution in [3.8, 4) is 5.75 Å². The zero-order chi connectivity index (χ0) is 22.6. The number of fused-ring (bicyclic) bond motifs is 1. The molecule has 1 unspecified atom stereocenters. The SMILES string of the molecule is COCCCCN1C(=O)C(C)(C)Oc2ccc(C(=O)N(C(C)C)C3CCCNC3)cc21. The highest BCUT2D eigenvalue weighted by atomic mass is 16.5. The lowest BCUT2D eigenvalue weighted by molar-refractivity contribution is -0.132. The van der Waals surface area contributed by atoms with Crippen LogP contribution in [0.2, 0.25) is 0 Å². The van der Waals surface area contributed by atoms with Gasteiger partial charge >= 0.3 is 0 Å². The van der Waals surface area contributed by atoms with Crippen LogP contribution in [0.4, 0.5) is 5.69 Å². The molecule has 0 spiro atoms. The molecule has 1 N–H and O–H groups in total. The van der Waals surface area contributed by atoms with Crippen LogP contribution in [0.15, 0.2) is 18.2 Å². The summed E-state index contributed by atoms with van der Waals surface area (Å²) in [5, 5.41) is 3.40. The minimum atomic E-state index is -0.933. The number of piperidine rings is 1. The van der Waals surface area contributed by atoms with Crippen molar-refractivity contribution in [2.75, 3.05) is 38.3 Å². The van der Waals surface area contributed by atoms with Gasteiger partial charge in [0.15, 0.2) is 5.60 Å². The summed E-state index contributed by atoms with van der Waals surface area (Å²) in [5.74, 6) is 0.561. The van der Waals surface area contributed by atoms with Crippen LogP contribution in [0, 0.1) is 0 Å². The molecule has 1 aromatic carbocycles. The van der Waals surface area contributed by atoms with Crippen LogP contribution in [0.5, 0.6) is 5.75 Å². The Hall–Kier alpha value is -2.12. The fourth-order valence-electron chi connectivity index (χ4n) is 4.48. The van der Waals surface area contributed by atoms with Crippen molar-refractivity contribution in [1.29, 1.82) is 0 Å². The third-order valence-corrected chi connectivity index (χ3v) is 6.06. The molecular formula is C24H37N3O4. The molecule has 2 aliphatic rings. The molecule has 7 nitrogen and oxygen atoms in total. The summed E-state index contributed by atoms with van der Waals surface area (Å²) in [7, 11) is 1.68. The number of unbranched alkanes of at least 4 members (excludes halogenated alkanes) is 1. The second-order valence-corrected chi connectivity index (χ2v) is 9.26. The Labute approximate surface area is 186 Å². The van der Waals surface area contributed by atoms with Crippen molar-refractivity contribution in [1.82, 2.24) is 10.2 Å². The number of benzene rings is 1. The molecule has 31 heavy (non-hydrogen) atoms. The summed E-state index contributed by atoms with van der Waals surface area (Å²) in [6.45, 7) is 10.7. The lowest BCUT2D eigenvalue weighted by Crippen LogP contribution is -2.53. The van der Waals surface area contributed by atoms with E-state index in [1.807, 2.05) is 23.1 Å². The van der Waals surface area contributed by atoms with Crippen molar-refractivity contribution in [3.63, 3.8) is 0 Å². The third-order valence-electron chi connectivity index (χ3n) is 6.06. The molecule has 0 radical (unpaired) electrons. The van der Waals surface area contributed by atoms with Crippen molar-refractivity contribution in [2.24, 2.45) is 0 Å². The van der Waals surface area contributed by atoms with Gasteiger partial charge in [0.25, 0.3) is 11.8 Å². The molecule has 0 aliphatic carbocycles. The third kappa shape index (κ3) is 5.21. The van der Waals surface area contributed by atoms with E-state index in [2.05, 4.69) is 19.2 Å². The number of hydrogen-bond acceptors (Lipinski definition) is 5. The average Bonchev–Trinajstić information content (AvgIpc) is 2.73. The second kappa shape index (κ2) is 10.0. The zero-order valence-corrected chi connectivity index (χ0v) is 19.6. The van der Waals surface area contributed by atoms with Crippen LogP contribution in [0.1, 0.15) is 63.7 Å². The standard InChI is InChI=1S/C24H37N3O4/c1-17(2)27(19-9-8-12-25-16-19)22(28)18-10-11-21-20(15-18)26(13-6-7-14-30-5)23(29)24(3,4)31-21/h10-11,15,17,19,25H,6-9,12-14,16H2,1-5H3. The van der Waals surface area contributed by atoms with Gasteiger partial charge in [-0.3, -0.25) is 9.59 Å². The first-order chi connectivity index (χ1) is 14.8. The Morgan fingerprint density at radius 1 is 1.35 bits per heavy atom. The predicted octanol–water partition coefficient (Wildman–Crippen LogP) is 3.22. The number of ether oxygens (including phenoxy) is 2. The minimum Gasteiger partial charge on any atom is -0.476 e. The van der Waals surface area contributed by atoms with E-state index in [-0.39, 0.29) is 23.9 Å². The summed E-state index contributed by atoms with van der Waals surface area (Å²) in [5.41, 5.74) is 0.339. The number of methoxy groups -OCH3 is 1. The van der Waals surface area contributed by atoms with Crippen LogP contribution in [-0.2, 0) is 9.53 Å². The van der Waals surface area contributed by atoms with E-state index in [9.17, 15) is 9.59 Å². The topological polar surface area (TPSA) is 71.1 Å². The molecular weight excluding hydrogens is 394 g/mol. The van der Waals surface area contributed by atoms with Crippen molar-refractivity contribution in [3.05, 3.63) is 23.8 Å². The van der Waals surface area contributed by atoms with Crippen molar-refractivity contribution in [2.45, 2.75) is 71.1 Å². The van der Waals surface area contributed by atoms with Gasteiger partial charge in [0.05, 0.1) is 5.69 Å². The first kappa shape index (κ1) is 23.5. The summed E-state index contributed by atoms with van der Waals surface area (Å²) in [6, 6.07) is 5.75. The lowest BCUT2D eigenvalue weighted by Gasteiger charge is -2.40. The van der Waals surface area contributed by atoms with Gasteiger partial charge in [-0.1, -0.05) is 0 Å². The van der Waals surface area contributed by atoms with Crippen molar-refractivity contribution >= 4 is 17.5 Å². The first-order valence-corrected chi connectivity index (χ1v) is 11.4. The van der Waals surface area contributed by atoms with Crippen LogP contribution in [-0.4, -0.2) is 67.7 Å². The molecule has 0 aromatic heterocycles. The van der Waals surface area contributed by atoms with E-state index in [4.69, 9.17) is 9.47 Å². The number of carbonyl (C=O) groups excluding carboxylic acids is 2. The molecule has 7 heteroatoms. The van der Waals surface area contributed by atoms with Crippen LogP contribution < -0.4 is 15.0 Å². The predicted molar refractivity (Wildman–Crippen MR) is 122 cm³/mol. The van der Waals surface area contributed by atoms with Crippen LogP contribution >= 0.6 is 0 Å². The Bertz CT molecular complexity index is 787. The molecule has 1 fully saturated rings. The van der Waals surface area contributed by atoms with Gasteiger partial charge < -0.3 is 24.6 Å². The number of carbonyl (C=O) groups is 2. The highest BCUT2D eigenvalue weighted by molar-refractivity contribution is 6.04. The van der Waals surface area contributed by atoms with Crippen molar-refractivity contribution < 1.29 is 19.1 Å².